The molecule has 1 rings (SSSR count). The van der Waals surface area contributed by atoms with Crippen LogP contribution in [0, 0.1) is 0 Å². The van der Waals surface area contributed by atoms with Crippen LogP contribution in [-0.4, -0.2) is 16.3 Å². The molecule has 1 aromatic rings. The van der Waals surface area contributed by atoms with Gasteiger partial charge in [0.2, 0.25) is 0 Å². The van der Waals surface area contributed by atoms with Gasteiger partial charge in [0.15, 0.2) is 0 Å². The minimum atomic E-state index is -0.846. The molecule has 2 nitrogen and oxygen atoms in total. The van der Waals surface area contributed by atoms with Crippen LogP contribution in [0.1, 0.15) is 37.0 Å². The van der Waals surface area contributed by atoms with E-state index in [0.29, 0.717) is 10.8 Å². The van der Waals surface area contributed by atoms with E-state index in [-0.39, 0.29) is 0 Å². The number of rotatable bonds is 5. The molecule has 0 fully saturated rings. The van der Waals surface area contributed by atoms with Crippen LogP contribution in [0.2, 0.25) is 0 Å². The third kappa shape index (κ3) is 3.59. The van der Waals surface area contributed by atoms with Gasteiger partial charge in [-0.25, -0.2) is 4.79 Å². The first kappa shape index (κ1) is 12.1. The van der Waals surface area contributed by atoms with Gasteiger partial charge in [-0.15, -0.1) is 11.8 Å². The highest BCUT2D eigenvalue weighted by Crippen LogP contribution is 2.28. The maximum Gasteiger partial charge on any atom is 0.336 e. The average Bonchev–Trinajstić information content (AvgIpc) is 2.18. The lowest BCUT2D eigenvalue weighted by molar-refractivity contribution is 0.0693. The SMILES string of the molecule is CCCC(C)Sc1ccccc1C(=O)O. The molecule has 3 heteroatoms. The summed E-state index contributed by atoms with van der Waals surface area (Å²) < 4.78 is 0. The number of carboxylic acids is 1. The average molecular weight is 224 g/mol. The first-order valence-corrected chi connectivity index (χ1v) is 6.02. The maximum atomic E-state index is 10.9. The van der Waals surface area contributed by atoms with Gasteiger partial charge in [0.05, 0.1) is 5.56 Å². The Labute approximate surface area is 94.7 Å². The summed E-state index contributed by atoms with van der Waals surface area (Å²) in [6.45, 7) is 4.27. The summed E-state index contributed by atoms with van der Waals surface area (Å²) in [4.78, 5) is 11.8. The van der Waals surface area contributed by atoms with E-state index >= 15 is 0 Å². The van der Waals surface area contributed by atoms with Crippen molar-refractivity contribution in [3.8, 4) is 0 Å². The van der Waals surface area contributed by atoms with Gasteiger partial charge in [-0.2, -0.15) is 0 Å². The standard InChI is InChI=1S/C12H16O2S/c1-3-6-9(2)15-11-8-5-4-7-10(11)12(13)14/h4-5,7-9H,3,6H2,1-2H3,(H,13,14). The van der Waals surface area contributed by atoms with Crippen LogP contribution in [0.25, 0.3) is 0 Å². The predicted molar refractivity (Wildman–Crippen MR) is 63.6 cm³/mol. The monoisotopic (exact) mass is 224 g/mol. The minimum absolute atomic E-state index is 0.408. The Morgan fingerprint density at radius 3 is 2.73 bits per heavy atom. The number of carboxylic acid groups (broad SMARTS) is 1. The molecule has 1 N–H and O–H groups in total. The molecule has 0 aliphatic heterocycles. The van der Waals surface area contributed by atoms with E-state index in [0.717, 1.165) is 17.7 Å². The summed E-state index contributed by atoms with van der Waals surface area (Å²) in [6.07, 6.45) is 2.24. The van der Waals surface area contributed by atoms with Crippen LogP contribution >= 0.6 is 11.8 Å². The molecule has 0 amide bonds. The normalized spacial score (nSPS) is 12.4. The van der Waals surface area contributed by atoms with E-state index in [9.17, 15) is 4.79 Å². The fourth-order valence-electron chi connectivity index (χ4n) is 1.43. The van der Waals surface area contributed by atoms with Crippen molar-refractivity contribution in [2.75, 3.05) is 0 Å². The van der Waals surface area contributed by atoms with Crippen molar-refractivity contribution in [1.29, 1.82) is 0 Å². The number of aromatic carboxylic acids is 1. The Balaban J connectivity index is 2.79. The highest BCUT2D eigenvalue weighted by Gasteiger charge is 2.11. The number of hydrogen-bond donors (Lipinski definition) is 1. The van der Waals surface area contributed by atoms with E-state index in [1.807, 2.05) is 12.1 Å². The van der Waals surface area contributed by atoms with Crippen molar-refractivity contribution in [1.82, 2.24) is 0 Å². The smallest absolute Gasteiger partial charge is 0.336 e. The van der Waals surface area contributed by atoms with Gasteiger partial charge in [-0.3, -0.25) is 0 Å². The van der Waals surface area contributed by atoms with Crippen molar-refractivity contribution >= 4 is 17.7 Å². The van der Waals surface area contributed by atoms with E-state index in [2.05, 4.69) is 13.8 Å². The molecule has 0 spiro atoms. The molecule has 0 aromatic heterocycles. The Morgan fingerprint density at radius 2 is 2.13 bits per heavy atom. The van der Waals surface area contributed by atoms with Gasteiger partial charge >= 0.3 is 5.97 Å². The van der Waals surface area contributed by atoms with Crippen molar-refractivity contribution in [3.63, 3.8) is 0 Å². The van der Waals surface area contributed by atoms with Crippen LogP contribution in [0.3, 0.4) is 0 Å². The summed E-state index contributed by atoms with van der Waals surface area (Å²) in [5, 5.41) is 9.46. The summed E-state index contributed by atoms with van der Waals surface area (Å²) in [7, 11) is 0. The van der Waals surface area contributed by atoms with Crippen LogP contribution < -0.4 is 0 Å². The van der Waals surface area contributed by atoms with Gasteiger partial charge in [0.1, 0.15) is 0 Å². The zero-order valence-corrected chi connectivity index (χ0v) is 9.88. The van der Waals surface area contributed by atoms with Crippen molar-refractivity contribution in [2.24, 2.45) is 0 Å². The zero-order valence-electron chi connectivity index (χ0n) is 9.06. The molecule has 0 aliphatic carbocycles. The van der Waals surface area contributed by atoms with E-state index < -0.39 is 5.97 Å². The molecule has 82 valence electrons. The molecule has 0 heterocycles. The highest BCUT2D eigenvalue weighted by molar-refractivity contribution is 8.00. The third-order valence-corrected chi connectivity index (χ3v) is 3.39. The van der Waals surface area contributed by atoms with Crippen LogP contribution in [0.4, 0.5) is 0 Å². The fourth-order valence-corrected chi connectivity index (χ4v) is 2.65. The second-order valence-corrected chi connectivity index (χ2v) is 5.00. The Bertz CT molecular complexity index is 336. The summed E-state index contributed by atoms with van der Waals surface area (Å²) in [5.41, 5.74) is 0.408. The van der Waals surface area contributed by atoms with Gasteiger partial charge in [0, 0.05) is 10.1 Å². The Kier molecular flexibility index (Phi) is 4.69. The first-order valence-electron chi connectivity index (χ1n) is 5.14. The molecule has 0 saturated heterocycles. The molecule has 0 saturated carbocycles. The lowest BCUT2D eigenvalue weighted by Gasteiger charge is -2.11. The number of thioether (sulfide) groups is 1. The molecule has 0 aliphatic rings. The van der Waals surface area contributed by atoms with Crippen LogP contribution in [0.15, 0.2) is 29.2 Å². The topological polar surface area (TPSA) is 37.3 Å². The second kappa shape index (κ2) is 5.81. The Morgan fingerprint density at radius 1 is 1.47 bits per heavy atom. The summed E-state index contributed by atoms with van der Waals surface area (Å²) in [6, 6.07) is 7.18. The predicted octanol–water partition coefficient (Wildman–Crippen LogP) is 3.67. The van der Waals surface area contributed by atoms with Crippen LogP contribution in [0.5, 0.6) is 0 Å². The van der Waals surface area contributed by atoms with Gasteiger partial charge in [0.25, 0.3) is 0 Å². The Hall–Kier alpha value is -0.960. The van der Waals surface area contributed by atoms with Gasteiger partial charge < -0.3 is 5.11 Å². The quantitative estimate of drug-likeness (QED) is 0.775. The largest absolute Gasteiger partial charge is 0.478 e. The molecule has 0 bridgehead atoms. The second-order valence-electron chi connectivity index (χ2n) is 3.52. The number of benzene rings is 1. The van der Waals surface area contributed by atoms with E-state index in [1.165, 1.54) is 0 Å². The molecule has 0 radical (unpaired) electrons. The first-order chi connectivity index (χ1) is 7.15. The molecular formula is C12H16O2S. The molecular weight excluding hydrogens is 208 g/mol. The van der Waals surface area contributed by atoms with Crippen molar-refractivity contribution in [2.45, 2.75) is 36.8 Å². The van der Waals surface area contributed by atoms with Crippen molar-refractivity contribution < 1.29 is 9.90 Å². The molecule has 1 unspecified atom stereocenters. The zero-order chi connectivity index (χ0) is 11.3. The van der Waals surface area contributed by atoms with E-state index in [1.54, 1.807) is 23.9 Å². The van der Waals surface area contributed by atoms with Crippen molar-refractivity contribution in [3.05, 3.63) is 29.8 Å². The van der Waals surface area contributed by atoms with Gasteiger partial charge in [-0.05, 0) is 18.6 Å². The molecule has 1 aromatic carbocycles. The fraction of sp³-hybridized carbons (Fsp3) is 0.417. The van der Waals surface area contributed by atoms with E-state index in [4.69, 9.17) is 5.11 Å². The number of hydrogen-bond acceptors (Lipinski definition) is 2. The van der Waals surface area contributed by atoms with Crippen LogP contribution in [-0.2, 0) is 0 Å². The lowest BCUT2D eigenvalue weighted by Crippen LogP contribution is -2.01. The summed E-state index contributed by atoms with van der Waals surface area (Å²) in [5.74, 6) is -0.846. The third-order valence-electron chi connectivity index (χ3n) is 2.14. The highest BCUT2D eigenvalue weighted by atomic mass is 32.2. The maximum absolute atomic E-state index is 10.9. The number of carbonyl (C=O) groups is 1. The lowest BCUT2D eigenvalue weighted by atomic mass is 10.2. The minimum Gasteiger partial charge on any atom is -0.478 e. The van der Waals surface area contributed by atoms with Gasteiger partial charge in [-0.1, -0.05) is 32.4 Å². The molecule has 1 atom stereocenters. The molecule has 15 heavy (non-hydrogen) atoms. The summed E-state index contributed by atoms with van der Waals surface area (Å²) >= 11 is 1.64.